The van der Waals surface area contributed by atoms with Gasteiger partial charge in [-0.05, 0) is 38.0 Å². The molecule has 0 amide bonds. The van der Waals surface area contributed by atoms with E-state index in [1.54, 1.807) is 4.68 Å². The Kier molecular flexibility index (Phi) is 3.41. The van der Waals surface area contributed by atoms with Gasteiger partial charge < -0.3 is 5.11 Å². The lowest BCUT2D eigenvalue weighted by molar-refractivity contribution is 0.272. The van der Waals surface area contributed by atoms with Crippen LogP contribution in [0.25, 0.3) is 10.9 Å². The minimum atomic E-state index is -0.377. The van der Waals surface area contributed by atoms with E-state index in [-0.39, 0.29) is 17.7 Å². The molecule has 2 aromatic rings. The molecule has 1 aromatic heterocycles. The Morgan fingerprint density at radius 1 is 1.44 bits per heavy atom. The molecule has 0 saturated heterocycles. The Bertz CT molecular complexity index is 677. The standard InChI is InChI=1S/C13H15ClN2O2/c1-4-16-10-5-7(2)8(3)12(14)11(10)13(18)9(6-17)15-16/h5,17H,4,6H2,1-3H3. The van der Waals surface area contributed by atoms with Crippen LogP contribution in [-0.4, -0.2) is 14.9 Å². The highest BCUT2D eigenvalue weighted by Crippen LogP contribution is 2.27. The number of aliphatic hydroxyl groups is 1. The van der Waals surface area contributed by atoms with Crippen LogP contribution in [0.2, 0.25) is 5.02 Å². The predicted octanol–water partition coefficient (Wildman–Crippen LogP) is 2.18. The largest absolute Gasteiger partial charge is 0.390 e. The topological polar surface area (TPSA) is 55.1 Å². The summed E-state index contributed by atoms with van der Waals surface area (Å²) in [5, 5.41) is 14.2. The van der Waals surface area contributed by atoms with E-state index in [4.69, 9.17) is 11.6 Å². The lowest BCUT2D eigenvalue weighted by Gasteiger charge is -2.13. The number of fused-ring (bicyclic) bond motifs is 1. The number of hydrogen-bond donors (Lipinski definition) is 1. The summed E-state index contributed by atoms with van der Waals surface area (Å²) in [6, 6.07) is 1.91. The lowest BCUT2D eigenvalue weighted by Crippen LogP contribution is -2.19. The molecule has 0 bridgehead atoms. The molecule has 1 heterocycles. The van der Waals surface area contributed by atoms with Crippen molar-refractivity contribution in [3.05, 3.63) is 38.1 Å². The molecule has 1 aromatic carbocycles. The van der Waals surface area contributed by atoms with E-state index in [2.05, 4.69) is 5.10 Å². The number of aromatic nitrogens is 2. The Morgan fingerprint density at radius 3 is 2.67 bits per heavy atom. The summed E-state index contributed by atoms with van der Waals surface area (Å²) in [6.45, 7) is 6.00. The number of benzene rings is 1. The van der Waals surface area contributed by atoms with Crippen molar-refractivity contribution in [2.75, 3.05) is 0 Å². The highest BCUT2D eigenvalue weighted by Gasteiger charge is 2.15. The molecule has 0 saturated carbocycles. The number of aryl methyl sites for hydroxylation is 2. The summed E-state index contributed by atoms with van der Waals surface area (Å²) < 4.78 is 1.70. The number of aliphatic hydroxyl groups excluding tert-OH is 1. The third-order valence-corrected chi connectivity index (χ3v) is 3.68. The van der Waals surface area contributed by atoms with E-state index in [9.17, 15) is 9.90 Å². The van der Waals surface area contributed by atoms with Gasteiger partial charge in [-0.2, -0.15) is 5.10 Å². The zero-order valence-electron chi connectivity index (χ0n) is 10.6. The van der Waals surface area contributed by atoms with Gasteiger partial charge in [-0.25, -0.2) is 0 Å². The van der Waals surface area contributed by atoms with Gasteiger partial charge in [0.15, 0.2) is 0 Å². The number of rotatable bonds is 2. The molecule has 2 rings (SSSR count). The maximum atomic E-state index is 12.2. The van der Waals surface area contributed by atoms with Crippen molar-refractivity contribution < 1.29 is 5.11 Å². The summed E-state index contributed by atoms with van der Waals surface area (Å²) in [5.74, 6) is 0. The first-order valence-corrected chi connectivity index (χ1v) is 6.19. The summed E-state index contributed by atoms with van der Waals surface area (Å²) in [5.41, 5.74) is 2.47. The van der Waals surface area contributed by atoms with Gasteiger partial charge in [-0.15, -0.1) is 0 Å². The minimum absolute atomic E-state index is 0.134. The van der Waals surface area contributed by atoms with Gasteiger partial charge in [0.05, 0.1) is 22.5 Å². The van der Waals surface area contributed by atoms with Gasteiger partial charge in [0.1, 0.15) is 5.69 Å². The fraction of sp³-hybridized carbons (Fsp3) is 0.385. The Hall–Kier alpha value is -1.39. The molecule has 4 nitrogen and oxygen atoms in total. The average molecular weight is 267 g/mol. The van der Waals surface area contributed by atoms with E-state index in [1.165, 1.54) is 0 Å². The van der Waals surface area contributed by atoms with Gasteiger partial charge in [-0.1, -0.05) is 11.6 Å². The van der Waals surface area contributed by atoms with Gasteiger partial charge in [0.25, 0.3) is 0 Å². The second kappa shape index (κ2) is 4.71. The molecule has 5 heteroatoms. The molecule has 0 aliphatic carbocycles. The fourth-order valence-electron chi connectivity index (χ4n) is 2.01. The highest BCUT2D eigenvalue weighted by atomic mass is 35.5. The van der Waals surface area contributed by atoms with Crippen LogP contribution in [0.4, 0.5) is 0 Å². The van der Waals surface area contributed by atoms with Crippen molar-refractivity contribution in [2.24, 2.45) is 0 Å². The summed E-state index contributed by atoms with van der Waals surface area (Å²) in [7, 11) is 0. The van der Waals surface area contributed by atoms with Crippen molar-refractivity contribution in [1.29, 1.82) is 0 Å². The SMILES string of the molecule is CCn1nc(CO)c(=O)c2c(Cl)c(C)c(C)cc21. The van der Waals surface area contributed by atoms with Crippen LogP contribution in [0, 0.1) is 13.8 Å². The second-order valence-electron chi connectivity index (χ2n) is 4.28. The third-order valence-electron chi connectivity index (χ3n) is 3.21. The van der Waals surface area contributed by atoms with Crippen molar-refractivity contribution in [2.45, 2.75) is 33.9 Å². The molecule has 0 atom stereocenters. The van der Waals surface area contributed by atoms with Crippen LogP contribution in [0.15, 0.2) is 10.9 Å². The summed E-state index contributed by atoms with van der Waals surface area (Å²) in [6.07, 6.45) is 0. The van der Waals surface area contributed by atoms with Crippen LogP contribution < -0.4 is 5.43 Å². The third kappa shape index (κ3) is 1.82. The number of hydrogen-bond acceptors (Lipinski definition) is 3. The van der Waals surface area contributed by atoms with E-state index < -0.39 is 0 Å². The molecule has 0 spiro atoms. The fourth-order valence-corrected chi connectivity index (χ4v) is 2.34. The summed E-state index contributed by atoms with van der Waals surface area (Å²) >= 11 is 6.27. The second-order valence-corrected chi connectivity index (χ2v) is 4.65. The van der Waals surface area contributed by atoms with Crippen molar-refractivity contribution in [1.82, 2.24) is 9.78 Å². The zero-order valence-corrected chi connectivity index (χ0v) is 11.4. The molecule has 0 unspecified atom stereocenters. The number of halogens is 1. The Balaban J connectivity index is 3.05. The highest BCUT2D eigenvalue weighted by molar-refractivity contribution is 6.36. The molecule has 0 aliphatic heterocycles. The van der Waals surface area contributed by atoms with E-state index in [1.807, 2.05) is 26.8 Å². The average Bonchev–Trinajstić information content (AvgIpc) is 2.36. The van der Waals surface area contributed by atoms with Gasteiger partial charge >= 0.3 is 0 Å². The first-order valence-electron chi connectivity index (χ1n) is 5.81. The maximum absolute atomic E-state index is 12.2. The smallest absolute Gasteiger partial charge is 0.215 e. The first kappa shape index (κ1) is 13.1. The van der Waals surface area contributed by atoms with Crippen molar-refractivity contribution >= 4 is 22.5 Å². The van der Waals surface area contributed by atoms with Gasteiger partial charge in [-0.3, -0.25) is 9.48 Å². The van der Waals surface area contributed by atoms with Gasteiger partial charge in [0, 0.05) is 6.54 Å². The monoisotopic (exact) mass is 266 g/mol. The van der Waals surface area contributed by atoms with E-state index in [0.29, 0.717) is 22.5 Å². The maximum Gasteiger partial charge on any atom is 0.215 e. The molecule has 0 aliphatic rings. The molecule has 0 radical (unpaired) electrons. The summed E-state index contributed by atoms with van der Waals surface area (Å²) in [4.78, 5) is 12.2. The Morgan fingerprint density at radius 2 is 2.11 bits per heavy atom. The van der Waals surface area contributed by atoms with Gasteiger partial charge in [0.2, 0.25) is 5.43 Å². The molecular weight excluding hydrogens is 252 g/mol. The predicted molar refractivity (Wildman–Crippen MR) is 72.1 cm³/mol. The van der Waals surface area contributed by atoms with Crippen LogP contribution in [0.1, 0.15) is 23.7 Å². The zero-order chi connectivity index (χ0) is 13.4. The molecule has 0 fully saturated rings. The van der Waals surface area contributed by atoms with Crippen molar-refractivity contribution in [3.63, 3.8) is 0 Å². The van der Waals surface area contributed by atoms with Crippen LogP contribution in [0.3, 0.4) is 0 Å². The van der Waals surface area contributed by atoms with Crippen LogP contribution >= 0.6 is 11.6 Å². The normalized spacial score (nSPS) is 11.2. The Labute approximate surface area is 110 Å². The van der Waals surface area contributed by atoms with E-state index >= 15 is 0 Å². The molecular formula is C13H15ClN2O2. The van der Waals surface area contributed by atoms with Crippen LogP contribution in [-0.2, 0) is 13.2 Å². The lowest BCUT2D eigenvalue weighted by atomic mass is 10.1. The minimum Gasteiger partial charge on any atom is -0.390 e. The first-order chi connectivity index (χ1) is 8.51. The van der Waals surface area contributed by atoms with Crippen molar-refractivity contribution in [3.8, 4) is 0 Å². The molecule has 18 heavy (non-hydrogen) atoms. The molecule has 1 N–H and O–H groups in total. The number of nitrogens with zero attached hydrogens (tertiary/aromatic N) is 2. The quantitative estimate of drug-likeness (QED) is 0.906. The van der Waals surface area contributed by atoms with Crippen LogP contribution in [0.5, 0.6) is 0 Å². The van der Waals surface area contributed by atoms with E-state index in [0.717, 1.165) is 11.1 Å². The molecule has 96 valence electrons.